The second kappa shape index (κ2) is 11.0. The van der Waals surface area contributed by atoms with Crippen molar-refractivity contribution < 1.29 is 4.42 Å². The van der Waals surface area contributed by atoms with Crippen LogP contribution >= 0.6 is 0 Å². The van der Waals surface area contributed by atoms with E-state index in [-0.39, 0.29) is 0 Å². The minimum Gasteiger partial charge on any atom is -0.456 e. The molecule has 0 saturated heterocycles. The minimum absolute atomic E-state index is 0.611. The van der Waals surface area contributed by atoms with E-state index in [2.05, 4.69) is 91.0 Å². The summed E-state index contributed by atoms with van der Waals surface area (Å²) in [5.74, 6) is 1.88. The number of furan rings is 1. The van der Waals surface area contributed by atoms with Gasteiger partial charge in [0.1, 0.15) is 11.2 Å². The Morgan fingerprint density at radius 2 is 0.898 bits per heavy atom. The van der Waals surface area contributed by atoms with Gasteiger partial charge in [0.15, 0.2) is 17.5 Å². The molecule has 228 valence electrons. The quantitative estimate of drug-likeness (QED) is 0.183. The van der Waals surface area contributed by atoms with Crippen LogP contribution in [0, 0.1) is 0 Å². The first-order chi connectivity index (χ1) is 24.3. The third kappa shape index (κ3) is 4.57. The van der Waals surface area contributed by atoms with Gasteiger partial charge in [-0.2, -0.15) is 0 Å². The SMILES string of the molecule is c1ccc(-c2nc(-c3ccccc3)nc(-c3cccc4oc5cc(-c6ccc7c(ccc8c9ccccc9ccc78)c6)ccc5c34)n2)cc1. The molecule has 0 fully saturated rings. The fourth-order valence-corrected chi connectivity index (χ4v) is 7.13. The Balaban J connectivity index is 1.10. The van der Waals surface area contributed by atoms with Gasteiger partial charge in [0.05, 0.1) is 0 Å². The fraction of sp³-hybridized carbons (Fsp3) is 0. The van der Waals surface area contributed by atoms with E-state index in [0.717, 1.165) is 49.8 Å². The van der Waals surface area contributed by atoms with E-state index in [9.17, 15) is 0 Å². The van der Waals surface area contributed by atoms with Crippen LogP contribution in [0.25, 0.3) is 99.5 Å². The molecular weight excluding hydrogens is 599 g/mol. The average Bonchev–Trinajstić information content (AvgIpc) is 3.56. The monoisotopic (exact) mass is 625 g/mol. The summed E-state index contributed by atoms with van der Waals surface area (Å²) >= 11 is 0. The maximum Gasteiger partial charge on any atom is 0.164 e. The van der Waals surface area contributed by atoms with Crippen molar-refractivity contribution in [3.05, 3.63) is 164 Å². The molecule has 4 heteroatoms. The van der Waals surface area contributed by atoms with Crippen LogP contribution < -0.4 is 0 Å². The van der Waals surface area contributed by atoms with Crippen LogP contribution in [0.3, 0.4) is 0 Å². The van der Waals surface area contributed by atoms with Gasteiger partial charge < -0.3 is 4.42 Å². The highest BCUT2D eigenvalue weighted by Gasteiger charge is 2.18. The molecule has 2 heterocycles. The lowest BCUT2D eigenvalue weighted by atomic mass is 9.94. The number of nitrogens with zero attached hydrogens (tertiary/aromatic N) is 3. The van der Waals surface area contributed by atoms with Gasteiger partial charge in [-0.1, -0.05) is 140 Å². The number of hydrogen-bond acceptors (Lipinski definition) is 4. The molecule has 0 N–H and O–H groups in total. The summed E-state index contributed by atoms with van der Waals surface area (Å²) in [6.45, 7) is 0. The van der Waals surface area contributed by atoms with Crippen LogP contribution in [0.15, 0.2) is 168 Å². The molecule has 0 unspecified atom stereocenters. The first-order valence-electron chi connectivity index (χ1n) is 16.4. The zero-order valence-electron chi connectivity index (χ0n) is 26.3. The summed E-state index contributed by atoms with van der Waals surface area (Å²) in [5.41, 5.74) is 6.66. The van der Waals surface area contributed by atoms with Crippen LogP contribution in [-0.4, -0.2) is 15.0 Å². The summed E-state index contributed by atoms with van der Waals surface area (Å²) in [6, 6.07) is 57.0. The predicted octanol–water partition coefficient (Wildman–Crippen LogP) is 11.9. The Bertz CT molecular complexity index is 2820. The first kappa shape index (κ1) is 27.5. The molecule has 0 spiro atoms. The molecule has 0 saturated carbocycles. The first-order valence-corrected chi connectivity index (χ1v) is 16.4. The van der Waals surface area contributed by atoms with E-state index in [0.29, 0.717) is 17.5 Å². The molecule has 4 nitrogen and oxygen atoms in total. The van der Waals surface area contributed by atoms with Crippen molar-refractivity contribution in [2.45, 2.75) is 0 Å². The molecule has 0 atom stereocenters. The number of rotatable bonds is 4. The Morgan fingerprint density at radius 3 is 1.63 bits per heavy atom. The van der Waals surface area contributed by atoms with E-state index in [4.69, 9.17) is 19.4 Å². The minimum atomic E-state index is 0.611. The van der Waals surface area contributed by atoms with Crippen LogP contribution in [0.1, 0.15) is 0 Å². The Kier molecular flexibility index (Phi) is 6.15. The molecule has 10 rings (SSSR count). The van der Waals surface area contributed by atoms with Gasteiger partial charge in [0.25, 0.3) is 0 Å². The highest BCUT2D eigenvalue weighted by atomic mass is 16.3. The third-order valence-corrected chi connectivity index (χ3v) is 9.51. The van der Waals surface area contributed by atoms with Crippen molar-refractivity contribution in [3.8, 4) is 45.3 Å². The van der Waals surface area contributed by atoms with E-state index >= 15 is 0 Å². The molecule has 10 aromatic rings. The largest absolute Gasteiger partial charge is 0.456 e. The molecule has 49 heavy (non-hydrogen) atoms. The van der Waals surface area contributed by atoms with E-state index in [1.165, 1.54) is 32.3 Å². The summed E-state index contributed by atoms with van der Waals surface area (Å²) in [6.07, 6.45) is 0. The molecule has 0 radical (unpaired) electrons. The molecule has 0 bridgehead atoms. The zero-order chi connectivity index (χ0) is 32.3. The lowest BCUT2D eigenvalue weighted by molar-refractivity contribution is 0.669. The lowest BCUT2D eigenvalue weighted by Crippen LogP contribution is -2.00. The molecule has 0 aliphatic rings. The van der Waals surface area contributed by atoms with E-state index in [1.54, 1.807) is 0 Å². The molecular formula is C45H27N3O. The van der Waals surface area contributed by atoms with Crippen LogP contribution in [-0.2, 0) is 0 Å². The standard InChI is InChI=1S/C45H27N3O/c1-3-11-29(12-4-1)43-46-44(30-13-5-2-6-14-30)48-45(47-43)39-16-9-17-40-42(39)38-25-20-32(27-41(38)49-40)31-19-22-35-33(26-31)21-24-36-34-15-8-7-10-28(34)18-23-37(35)36/h1-27H. The topological polar surface area (TPSA) is 51.8 Å². The summed E-state index contributed by atoms with van der Waals surface area (Å²) in [5, 5.41) is 9.58. The summed E-state index contributed by atoms with van der Waals surface area (Å²) in [7, 11) is 0. The lowest BCUT2D eigenvalue weighted by Gasteiger charge is -2.10. The van der Waals surface area contributed by atoms with Crippen LogP contribution in [0.2, 0.25) is 0 Å². The normalized spacial score (nSPS) is 11.7. The maximum atomic E-state index is 6.52. The second-order valence-electron chi connectivity index (χ2n) is 12.4. The fourth-order valence-electron chi connectivity index (χ4n) is 7.13. The molecule has 2 aromatic heterocycles. The molecule has 0 amide bonds. The van der Waals surface area contributed by atoms with E-state index < -0.39 is 0 Å². The van der Waals surface area contributed by atoms with Crippen LogP contribution in [0.4, 0.5) is 0 Å². The van der Waals surface area contributed by atoms with Crippen molar-refractivity contribution in [1.29, 1.82) is 0 Å². The van der Waals surface area contributed by atoms with Gasteiger partial charge in [-0.05, 0) is 67.7 Å². The Labute approximate surface area is 282 Å². The summed E-state index contributed by atoms with van der Waals surface area (Å²) < 4.78 is 6.52. The van der Waals surface area contributed by atoms with Gasteiger partial charge in [-0.15, -0.1) is 0 Å². The molecule has 0 aliphatic heterocycles. The van der Waals surface area contributed by atoms with Gasteiger partial charge in [0.2, 0.25) is 0 Å². The predicted molar refractivity (Wildman–Crippen MR) is 201 cm³/mol. The van der Waals surface area contributed by atoms with Gasteiger partial charge in [0, 0.05) is 27.5 Å². The van der Waals surface area contributed by atoms with Gasteiger partial charge in [-0.25, -0.2) is 15.0 Å². The maximum absolute atomic E-state index is 6.52. The number of aromatic nitrogens is 3. The number of fused-ring (bicyclic) bond motifs is 8. The van der Waals surface area contributed by atoms with Crippen molar-refractivity contribution in [1.82, 2.24) is 15.0 Å². The van der Waals surface area contributed by atoms with Gasteiger partial charge >= 0.3 is 0 Å². The number of benzene rings is 8. The Morgan fingerprint density at radius 1 is 0.327 bits per heavy atom. The van der Waals surface area contributed by atoms with E-state index in [1.807, 2.05) is 72.8 Å². The van der Waals surface area contributed by atoms with Crippen LogP contribution in [0.5, 0.6) is 0 Å². The second-order valence-corrected chi connectivity index (χ2v) is 12.4. The smallest absolute Gasteiger partial charge is 0.164 e. The van der Waals surface area contributed by atoms with Crippen molar-refractivity contribution in [2.24, 2.45) is 0 Å². The van der Waals surface area contributed by atoms with Crippen molar-refractivity contribution in [2.75, 3.05) is 0 Å². The van der Waals surface area contributed by atoms with Crippen molar-refractivity contribution in [3.63, 3.8) is 0 Å². The van der Waals surface area contributed by atoms with Crippen molar-refractivity contribution >= 4 is 54.3 Å². The molecule has 8 aromatic carbocycles. The summed E-state index contributed by atoms with van der Waals surface area (Å²) in [4.78, 5) is 14.9. The molecule has 0 aliphatic carbocycles. The zero-order valence-corrected chi connectivity index (χ0v) is 26.3. The third-order valence-electron chi connectivity index (χ3n) is 9.51. The highest BCUT2D eigenvalue weighted by molar-refractivity contribution is 6.18. The Hall–Kier alpha value is -6.65. The van der Waals surface area contributed by atoms with Gasteiger partial charge in [-0.3, -0.25) is 0 Å². The average molecular weight is 626 g/mol. The highest BCUT2D eigenvalue weighted by Crippen LogP contribution is 2.39. The number of hydrogen-bond donors (Lipinski definition) is 0.